The van der Waals surface area contributed by atoms with Gasteiger partial charge >= 0.3 is 11.7 Å². The van der Waals surface area contributed by atoms with E-state index in [1.54, 1.807) is 0 Å². The molecule has 0 radical (unpaired) electrons. The first-order valence-electron chi connectivity index (χ1n) is 5.17. The lowest BCUT2D eigenvalue weighted by atomic mass is 10.3. The Kier molecular flexibility index (Phi) is 4.85. The molecule has 0 bridgehead atoms. The summed E-state index contributed by atoms with van der Waals surface area (Å²) in [5.74, 6) is -0.833. The van der Waals surface area contributed by atoms with Gasteiger partial charge < -0.3 is 15.0 Å². The topological polar surface area (TPSA) is 121 Å². The van der Waals surface area contributed by atoms with Crippen LogP contribution in [0.4, 0.5) is 0 Å². The van der Waals surface area contributed by atoms with Crippen LogP contribution in [-0.2, 0) is 20.7 Å². The Balaban J connectivity index is 2.47. The molecule has 0 unspecified atom stereocenters. The van der Waals surface area contributed by atoms with Crippen LogP contribution in [0.5, 0.6) is 0 Å². The molecule has 0 spiro atoms. The van der Waals surface area contributed by atoms with Gasteiger partial charge in [-0.15, -0.1) is 0 Å². The number of carbonyl (C=O) groups is 2. The normalized spacial score (nSPS) is 9.83. The van der Waals surface area contributed by atoms with E-state index in [9.17, 15) is 19.2 Å². The summed E-state index contributed by atoms with van der Waals surface area (Å²) < 4.78 is 4.40. The van der Waals surface area contributed by atoms with E-state index in [0.717, 1.165) is 6.07 Å². The van der Waals surface area contributed by atoms with Gasteiger partial charge in [0.05, 0.1) is 20.0 Å². The Hall–Kier alpha value is -2.38. The molecule has 1 aromatic rings. The lowest BCUT2D eigenvalue weighted by Gasteiger charge is -2.03. The van der Waals surface area contributed by atoms with Crippen molar-refractivity contribution in [2.75, 3.05) is 13.7 Å². The van der Waals surface area contributed by atoms with Crippen molar-refractivity contribution < 1.29 is 14.3 Å². The van der Waals surface area contributed by atoms with Crippen molar-refractivity contribution in [3.63, 3.8) is 0 Å². The van der Waals surface area contributed by atoms with Gasteiger partial charge in [-0.3, -0.25) is 19.4 Å². The number of esters is 1. The monoisotopic (exact) mass is 255 g/mol. The number of H-pyrrole nitrogens is 2. The fourth-order valence-electron chi connectivity index (χ4n) is 1.26. The molecule has 0 aliphatic carbocycles. The Morgan fingerprint density at radius 1 is 1.33 bits per heavy atom. The molecule has 1 aromatic heterocycles. The van der Waals surface area contributed by atoms with Crippen LogP contribution in [0, 0.1) is 0 Å². The van der Waals surface area contributed by atoms with Crippen molar-refractivity contribution in [2.24, 2.45) is 0 Å². The van der Waals surface area contributed by atoms with Gasteiger partial charge in [0.25, 0.3) is 5.56 Å². The number of hydrogen-bond acceptors (Lipinski definition) is 5. The van der Waals surface area contributed by atoms with Gasteiger partial charge in [-0.05, 0) is 0 Å². The van der Waals surface area contributed by atoms with E-state index < -0.39 is 23.1 Å². The van der Waals surface area contributed by atoms with Crippen molar-refractivity contribution in [1.82, 2.24) is 15.3 Å². The van der Waals surface area contributed by atoms with Crippen LogP contribution < -0.4 is 16.6 Å². The number of amides is 1. The molecule has 0 aliphatic heterocycles. The van der Waals surface area contributed by atoms with Crippen LogP contribution >= 0.6 is 0 Å². The first-order valence-corrected chi connectivity index (χ1v) is 5.17. The highest BCUT2D eigenvalue weighted by Crippen LogP contribution is 1.88. The van der Waals surface area contributed by atoms with Gasteiger partial charge in [-0.25, -0.2) is 4.79 Å². The molecule has 1 rings (SSSR count). The predicted octanol–water partition coefficient (Wildman–Crippen LogP) is -1.71. The number of methoxy groups -OCH3 is 1. The summed E-state index contributed by atoms with van der Waals surface area (Å²) in [6, 6.07) is 1.13. The highest BCUT2D eigenvalue weighted by Gasteiger charge is 2.06. The molecule has 98 valence electrons. The maximum Gasteiger partial charge on any atom is 0.325 e. The molecular formula is C10H13N3O5. The third-order valence-corrected chi connectivity index (χ3v) is 2.05. The molecule has 1 amide bonds. The zero-order valence-corrected chi connectivity index (χ0v) is 9.74. The van der Waals surface area contributed by atoms with E-state index in [4.69, 9.17) is 0 Å². The first-order chi connectivity index (χ1) is 8.51. The summed E-state index contributed by atoms with van der Waals surface area (Å²) >= 11 is 0. The molecule has 0 aliphatic rings. The van der Waals surface area contributed by atoms with Crippen LogP contribution in [0.3, 0.4) is 0 Å². The molecule has 8 heteroatoms. The van der Waals surface area contributed by atoms with Gasteiger partial charge in [0.15, 0.2) is 0 Å². The van der Waals surface area contributed by atoms with Crippen molar-refractivity contribution in [3.8, 4) is 0 Å². The second-order valence-corrected chi connectivity index (χ2v) is 3.47. The zero-order chi connectivity index (χ0) is 13.5. The van der Waals surface area contributed by atoms with Crippen molar-refractivity contribution in [3.05, 3.63) is 32.6 Å². The van der Waals surface area contributed by atoms with Gasteiger partial charge in [-0.1, -0.05) is 0 Å². The van der Waals surface area contributed by atoms with E-state index in [0.29, 0.717) is 0 Å². The van der Waals surface area contributed by atoms with Gasteiger partial charge in [0.1, 0.15) is 0 Å². The Labute approximate surface area is 101 Å². The van der Waals surface area contributed by atoms with Crippen LogP contribution in [0.2, 0.25) is 0 Å². The number of hydrogen-bond donors (Lipinski definition) is 3. The summed E-state index contributed by atoms with van der Waals surface area (Å²) in [4.78, 5) is 48.4. The maximum absolute atomic E-state index is 11.4. The fourth-order valence-corrected chi connectivity index (χ4v) is 1.26. The lowest BCUT2D eigenvalue weighted by molar-refractivity contribution is -0.140. The lowest BCUT2D eigenvalue weighted by Crippen LogP contribution is -2.30. The minimum absolute atomic E-state index is 0.0636. The molecule has 18 heavy (non-hydrogen) atoms. The molecule has 1 heterocycles. The number of ether oxygens (including phenoxy) is 1. The van der Waals surface area contributed by atoms with E-state index >= 15 is 0 Å². The number of aromatic amines is 2. The van der Waals surface area contributed by atoms with Crippen LogP contribution in [0.1, 0.15) is 12.1 Å². The van der Waals surface area contributed by atoms with Gasteiger partial charge in [0, 0.05) is 18.3 Å². The quantitative estimate of drug-likeness (QED) is 0.541. The fraction of sp³-hybridized carbons (Fsp3) is 0.400. The van der Waals surface area contributed by atoms with Crippen LogP contribution in [0.15, 0.2) is 15.7 Å². The van der Waals surface area contributed by atoms with Crippen molar-refractivity contribution in [2.45, 2.75) is 12.8 Å². The van der Waals surface area contributed by atoms with E-state index in [-0.39, 0.29) is 25.1 Å². The number of carbonyl (C=O) groups excluding carboxylic acids is 2. The summed E-state index contributed by atoms with van der Waals surface area (Å²) in [5.41, 5.74) is -1.03. The smallest absolute Gasteiger partial charge is 0.325 e. The summed E-state index contributed by atoms with van der Waals surface area (Å²) in [6.07, 6.45) is -0.0749. The molecule has 0 fully saturated rings. The molecular weight excluding hydrogens is 242 g/mol. The largest absolute Gasteiger partial charge is 0.469 e. The Morgan fingerprint density at radius 3 is 2.67 bits per heavy atom. The summed E-state index contributed by atoms with van der Waals surface area (Å²) in [7, 11) is 1.26. The Bertz CT molecular complexity index is 517. The highest BCUT2D eigenvalue weighted by molar-refractivity contribution is 5.78. The summed E-state index contributed by atoms with van der Waals surface area (Å²) in [5, 5.41) is 2.46. The van der Waals surface area contributed by atoms with Crippen LogP contribution in [0.25, 0.3) is 0 Å². The first kappa shape index (κ1) is 13.7. The summed E-state index contributed by atoms with van der Waals surface area (Å²) in [6.45, 7) is 0.138. The molecule has 0 aromatic carbocycles. The molecule has 3 N–H and O–H groups in total. The zero-order valence-electron chi connectivity index (χ0n) is 9.74. The third-order valence-electron chi connectivity index (χ3n) is 2.05. The van der Waals surface area contributed by atoms with Crippen molar-refractivity contribution in [1.29, 1.82) is 0 Å². The standard InChI is InChI=1S/C10H13N3O5/c1-18-9(16)2-3-11-7(14)4-6-5-8(15)13-10(17)12-6/h5H,2-4H2,1H3,(H,11,14)(H2,12,13,15,17). The third kappa shape index (κ3) is 4.64. The van der Waals surface area contributed by atoms with E-state index in [1.165, 1.54) is 7.11 Å². The number of nitrogens with one attached hydrogen (secondary N) is 3. The second-order valence-electron chi connectivity index (χ2n) is 3.47. The van der Waals surface area contributed by atoms with E-state index in [1.807, 2.05) is 4.98 Å². The minimum Gasteiger partial charge on any atom is -0.469 e. The van der Waals surface area contributed by atoms with Gasteiger partial charge in [-0.2, -0.15) is 0 Å². The maximum atomic E-state index is 11.4. The molecule has 0 saturated heterocycles. The molecule has 0 saturated carbocycles. The SMILES string of the molecule is COC(=O)CCNC(=O)Cc1cc(=O)[nH]c(=O)[nH]1. The highest BCUT2D eigenvalue weighted by atomic mass is 16.5. The average molecular weight is 255 g/mol. The van der Waals surface area contributed by atoms with Gasteiger partial charge in [0.2, 0.25) is 5.91 Å². The minimum atomic E-state index is -0.667. The number of rotatable bonds is 5. The van der Waals surface area contributed by atoms with Crippen molar-refractivity contribution >= 4 is 11.9 Å². The number of aromatic nitrogens is 2. The second kappa shape index (κ2) is 6.38. The van der Waals surface area contributed by atoms with Crippen LogP contribution in [-0.4, -0.2) is 35.5 Å². The van der Waals surface area contributed by atoms with E-state index in [2.05, 4.69) is 15.0 Å². The predicted molar refractivity (Wildman–Crippen MR) is 61.0 cm³/mol. The Morgan fingerprint density at radius 2 is 2.06 bits per heavy atom. The molecule has 8 nitrogen and oxygen atoms in total. The molecule has 0 atom stereocenters. The average Bonchev–Trinajstić information content (AvgIpc) is 2.27.